The van der Waals surface area contributed by atoms with Gasteiger partial charge in [0.2, 0.25) is 9.84 Å². The predicted octanol–water partition coefficient (Wildman–Crippen LogP) is 4.01. The van der Waals surface area contributed by atoms with Gasteiger partial charge in [-0.3, -0.25) is 9.59 Å². The third kappa shape index (κ3) is 3.74. The number of hydrogen-bond acceptors (Lipinski definition) is 7. The van der Waals surface area contributed by atoms with Crippen molar-refractivity contribution >= 4 is 49.7 Å². The number of carbonyl (C=O) groups excluding carboxylic acids is 2. The van der Waals surface area contributed by atoms with Gasteiger partial charge < -0.3 is 15.6 Å². The molecule has 0 aliphatic carbocycles. The molecule has 0 unspecified atom stereocenters. The summed E-state index contributed by atoms with van der Waals surface area (Å²) < 4.78 is 26.3. The van der Waals surface area contributed by atoms with Crippen molar-refractivity contribution < 1.29 is 18.0 Å². The lowest BCUT2D eigenvalue weighted by Gasteiger charge is -2.10. The van der Waals surface area contributed by atoms with E-state index in [1.54, 1.807) is 24.7 Å². The number of amides is 2. The van der Waals surface area contributed by atoms with Crippen LogP contribution in [0.3, 0.4) is 0 Å². The van der Waals surface area contributed by atoms with Gasteiger partial charge in [0.1, 0.15) is 5.01 Å². The normalized spacial score (nSPS) is 13.9. The molecule has 0 radical (unpaired) electrons. The quantitative estimate of drug-likeness (QED) is 0.331. The first-order chi connectivity index (χ1) is 17.4. The van der Waals surface area contributed by atoms with Crippen LogP contribution in [-0.4, -0.2) is 35.2 Å². The average molecular weight is 516 g/mol. The fraction of sp³-hybridized carbons (Fsp3) is 0.0400. The van der Waals surface area contributed by atoms with E-state index in [1.165, 1.54) is 41.7 Å². The first-order valence-electron chi connectivity index (χ1n) is 10.9. The molecule has 1 aliphatic heterocycles. The van der Waals surface area contributed by atoms with Crippen LogP contribution in [0.25, 0.3) is 21.6 Å². The molecule has 36 heavy (non-hydrogen) atoms. The van der Waals surface area contributed by atoms with Crippen molar-refractivity contribution in [3.05, 3.63) is 89.2 Å². The summed E-state index contributed by atoms with van der Waals surface area (Å²) in [5.74, 6) is -0.949. The molecular weight excluding hydrogens is 498 g/mol. The minimum Gasteiger partial charge on any atom is -0.347 e. The summed E-state index contributed by atoms with van der Waals surface area (Å²) in [6.45, 7) is 0.244. The molecule has 6 rings (SSSR count). The van der Waals surface area contributed by atoms with Crippen LogP contribution in [0.1, 0.15) is 25.6 Å². The maximum absolute atomic E-state index is 13.1. The van der Waals surface area contributed by atoms with Gasteiger partial charge >= 0.3 is 0 Å². The Balaban J connectivity index is 1.21. The number of fused-ring (bicyclic) bond motifs is 3. The third-order valence-corrected chi connectivity index (χ3v) is 8.76. The molecule has 0 spiro atoms. The van der Waals surface area contributed by atoms with Crippen LogP contribution in [0, 0.1) is 0 Å². The first kappa shape index (κ1) is 22.1. The largest absolute Gasteiger partial charge is 0.347 e. The predicted molar refractivity (Wildman–Crippen MR) is 135 cm³/mol. The highest BCUT2D eigenvalue weighted by Gasteiger charge is 2.31. The van der Waals surface area contributed by atoms with Crippen LogP contribution in [0.5, 0.6) is 0 Å². The molecular formula is C25H17N5O4S2. The first-order valence-corrected chi connectivity index (χ1v) is 13.2. The second-order valence-electron chi connectivity index (χ2n) is 8.11. The van der Waals surface area contributed by atoms with E-state index in [-0.39, 0.29) is 33.2 Å². The van der Waals surface area contributed by atoms with Crippen molar-refractivity contribution in [2.45, 2.75) is 16.3 Å². The molecule has 0 fully saturated rings. The second kappa shape index (κ2) is 8.40. The number of nitrogens with one attached hydrogen (secondary N) is 3. The topological polar surface area (TPSA) is 134 Å². The highest BCUT2D eigenvalue weighted by Crippen LogP contribution is 2.34. The summed E-state index contributed by atoms with van der Waals surface area (Å²) in [5.41, 5.74) is 3.07. The van der Waals surface area contributed by atoms with E-state index in [2.05, 4.69) is 25.6 Å². The fourth-order valence-electron chi connectivity index (χ4n) is 4.06. The summed E-state index contributed by atoms with van der Waals surface area (Å²) in [4.78, 5) is 38.0. The molecule has 0 saturated heterocycles. The van der Waals surface area contributed by atoms with Gasteiger partial charge in [0.25, 0.3) is 11.8 Å². The molecule has 9 nitrogen and oxygen atoms in total. The Morgan fingerprint density at radius 2 is 1.86 bits per heavy atom. The summed E-state index contributed by atoms with van der Waals surface area (Å²) in [7, 11) is -3.93. The lowest BCUT2D eigenvalue weighted by atomic mass is 10.1. The Morgan fingerprint density at radius 3 is 2.75 bits per heavy atom. The summed E-state index contributed by atoms with van der Waals surface area (Å²) >= 11 is 1.45. The van der Waals surface area contributed by atoms with Gasteiger partial charge in [-0.25, -0.2) is 18.4 Å². The van der Waals surface area contributed by atoms with Crippen LogP contribution in [0.2, 0.25) is 0 Å². The van der Waals surface area contributed by atoms with E-state index in [9.17, 15) is 18.0 Å². The zero-order valence-corrected chi connectivity index (χ0v) is 20.1. The van der Waals surface area contributed by atoms with Crippen molar-refractivity contribution in [2.24, 2.45) is 0 Å². The van der Waals surface area contributed by atoms with Crippen LogP contribution in [0.4, 0.5) is 5.69 Å². The Hall–Kier alpha value is -4.35. The number of nitrogens with zero attached hydrogens (tertiary/aromatic N) is 2. The van der Waals surface area contributed by atoms with Gasteiger partial charge in [-0.2, -0.15) is 0 Å². The minimum absolute atomic E-state index is 0.0571. The van der Waals surface area contributed by atoms with Gasteiger partial charge in [0.15, 0.2) is 0 Å². The number of benzene rings is 3. The SMILES string of the molecule is O=C(NCc1cnc(-c2ccc3[nH]cnc3c2)s1)c1ccc2c(c1)NC(=O)c1ccccc1S2(=O)=O. The number of imidazole rings is 1. The third-order valence-electron chi connectivity index (χ3n) is 5.85. The molecule has 1 aliphatic rings. The molecule has 0 saturated carbocycles. The number of H-pyrrole nitrogens is 1. The molecule has 3 heterocycles. The van der Waals surface area contributed by atoms with E-state index in [0.717, 1.165) is 26.5 Å². The monoisotopic (exact) mass is 515 g/mol. The summed E-state index contributed by atoms with van der Waals surface area (Å²) in [5, 5.41) is 6.26. The van der Waals surface area contributed by atoms with E-state index in [0.29, 0.717) is 0 Å². The van der Waals surface area contributed by atoms with Crippen molar-refractivity contribution in [1.82, 2.24) is 20.3 Å². The zero-order chi connectivity index (χ0) is 24.9. The van der Waals surface area contributed by atoms with E-state index < -0.39 is 21.7 Å². The number of sulfone groups is 1. The molecule has 2 aromatic heterocycles. The van der Waals surface area contributed by atoms with Crippen LogP contribution in [0.15, 0.2) is 83.0 Å². The Kier molecular flexibility index (Phi) is 5.16. The number of hydrogen-bond donors (Lipinski definition) is 3. The van der Waals surface area contributed by atoms with E-state index in [4.69, 9.17) is 0 Å². The number of rotatable bonds is 4. The van der Waals surface area contributed by atoms with Crippen LogP contribution in [-0.2, 0) is 16.4 Å². The summed E-state index contributed by atoms with van der Waals surface area (Å²) in [6.07, 6.45) is 3.34. The molecule has 11 heteroatoms. The number of anilines is 1. The molecule has 0 bridgehead atoms. The Morgan fingerprint density at radius 1 is 1.00 bits per heavy atom. The average Bonchev–Trinajstić information content (AvgIpc) is 3.54. The maximum Gasteiger partial charge on any atom is 0.257 e. The van der Waals surface area contributed by atoms with Gasteiger partial charge in [-0.05, 0) is 48.5 Å². The molecule has 3 N–H and O–H groups in total. The Labute approximate surface area is 209 Å². The fourth-order valence-corrected chi connectivity index (χ4v) is 6.50. The summed E-state index contributed by atoms with van der Waals surface area (Å²) in [6, 6.07) is 16.0. The molecule has 0 atom stereocenters. The highest BCUT2D eigenvalue weighted by molar-refractivity contribution is 7.91. The number of aromatic nitrogens is 3. The van der Waals surface area contributed by atoms with Crippen LogP contribution >= 0.6 is 11.3 Å². The number of carbonyl (C=O) groups is 2. The molecule has 5 aromatic rings. The van der Waals surface area contributed by atoms with Crippen molar-refractivity contribution in [2.75, 3.05) is 5.32 Å². The van der Waals surface area contributed by atoms with Crippen molar-refractivity contribution in [3.8, 4) is 10.6 Å². The van der Waals surface area contributed by atoms with Crippen molar-refractivity contribution in [3.63, 3.8) is 0 Å². The Bertz CT molecular complexity index is 1790. The minimum atomic E-state index is -3.93. The van der Waals surface area contributed by atoms with Gasteiger partial charge in [0.05, 0.1) is 44.9 Å². The van der Waals surface area contributed by atoms with Crippen molar-refractivity contribution in [1.29, 1.82) is 0 Å². The highest BCUT2D eigenvalue weighted by atomic mass is 32.2. The maximum atomic E-state index is 13.1. The zero-order valence-electron chi connectivity index (χ0n) is 18.5. The smallest absolute Gasteiger partial charge is 0.257 e. The standard InChI is InChI=1S/C25H17N5O4S2/c31-23(26-11-16-12-27-25(35-16)15-5-7-18-19(10-15)29-13-28-18)14-6-8-22-20(9-14)30-24(32)17-3-1-2-4-21(17)36(22,33)34/h1-10,12-13H,11H2,(H,26,31)(H,28,29)(H,30,32). The van der Waals surface area contributed by atoms with Crippen LogP contribution < -0.4 is 10.6 Å². The molecule has 178 valence electrons. The molecule has 2 amide bonds. The van der Waals surface area contributed by atoms with Gasteiger partial charge in [0, 0.05) is 22.2 Å². The lowest BCUT2D eigenvalue weighted by Crippen LogP contribution is -2.22. The lowest BCUT2D eigenvalue weighted by molar-refractivity contribution is 0.0949. The number of thiazole rings is 1. The van der Waals surface area contributed by atoms with Gasteiger partial charge in [-0.1, -0.05) is 12.1 Å². The second-order valence-corrected chi connectivity index (χ2v) is 11.1. The number of aromatic amines is 1. The molecule has 3 aromatic carbocycles. The van der Waals surface area contributed by atoms with E-state index >= 15 is 0 Å². The van der Waals surface area contributed by atoms with E-state index in [1.807, 2.05) is 18.2 Å². The van der Waals surface area contributed by atoms with Gasteiger partial charge in [-0.15, -0.1) is 11.3 Å².